The van der Waals surface area contributed by atoms with Crippen LogP contribution in [0.5, 0.6) is 11.6 Å². The lowest BCUT2D eigenvalue weighted by atomic mass is 10.3. The molecule has 0 unspecified atom stereocenters. The number of benzene rings is 1. The van der Waals surface area contributed by atoms with Gasteiger partial charge in [0.25, 0.3) is 0 Å². The van der Waals surface area contributed by atoms with Crippen molar-refractivity contribution in [2.75, 3.05) is 41.1 Å². The Balaban J connectivity index is 1.51. The number of hydrogen-bond donors (Lipinski definition) is 1. The van der Waals surface area contributed by atoms with Crippen molar-refractivity contribution < 1.29 is 14.6 Å². The van der Waals surface area contributed by atoms with Gasteiger partial charge < -0.3 is 19.1 Å². The molecule has 4 rings (SSSR count). The molecule has 32 heavy (non-hydrogen) atoms. The van der Waals surface area contributed by atoms with Gasteiger partial charge in [0.2, 0.25) is 11.8 Å². The number of imidazole rings is 1. The summed E-state index contributed by atoms with van der Waals surface area (Å²) in [6.07, 6.45) is 1.93. The van der Waals surface area contributed by atoms with Gasteiger partial charge in [0, 0.05) is 43.2 Å². The molecule has 2 aromatic rings. The van der Waals surface area contributed by atoms with Crippen LogP contribution in [0.3, 0.4) is 0 Å². The van der Waals surface area contributed by atoms with Crippen LogP contribution in [0.25, 0.3) is 6.08 Å². The first-order valence-corrected chi connectivity index (χ1v) is 13.1. The van der Waals surface area contributed by atoms with E-state index in [-0.39, 0.29) is 12.0 Å². The lowest BCUT2D eigenvalue weighted by molar-refractivity contribution is 0.0906. The summed E-state index contributed by atoms with van der Waals surface area (Å²) in [7, 11) is 3.55. The molecule has 0 spiro atoms. The molecule has 1 aromatic heterocycles. The lowest BCUT2D eigenvalue weighted by Crippen LogP contribution is -2.29. The lowest BCUT2D eigenvalue weighted by Gasteiger charge is -2.23. The van der Waals surface area contributed by atoms with Gasteiger partial charge >= 0.3 is 0 Å². The first-order chi connectivity index (χ1) is 15.5. The molecular formula is C23H27N3O3S3. The molecule has 6 nitrogen and oxygen atoms in total. The van der Waals surface area contributed by atoms with Crippen molar-refractivity contribution in [2.24, 2.45) is 14.1 Å². The van der Waals surface area contributed by atoms with E-state index in [1.165, 1.54) is 5.57 Å². The summed E-state index contributed by atoms with van der Waals surface area (Å²) in [6.45, 7) is 5.32. The summed E-state index contributed by atoms with van der Waals surface area (Å²) in [6, 6.07) is 7.90. The van der Waals surface area contributed by atoms with Crippen LogP contribution in [0.2, 0.25) is 0 Å². The summed E-state index contributed by atoms with van der Waals surface area (Å²) < 4.78 is 16.1. The third-order valence-electron chi connectivity index (χ3n) is 5.31. The van der Waals surface area contributed by atoms with Crippen molar-refractivity contribution in [3.8, 4) is 11.6 Å². The van der Waals surface area contributed by atoms with E-state index in [9.17, 15) is 5.11 Å². The smallest absolute Gasteiger partial charge is 0.246 e. The monoisotopic (exact) mass is 489 g/mol. The summed E-state index contributed by atoms with van der Waals surface area (Å²) >= 11 is 9.11. The summed E-state index contributed by atoms with van der Waals surface area (Å²) in [5, 5.41) is 10.4. The average Bonchev–Trinajstić information content (AvgIpc) is 3.21. The van der Waals surface area contributed by atoms with Gasteiger partial charge in [-0.2, -0.15) is 23.5 Å². The minimum Gasteiger partial charge on any atom is -0.493 e. The predicted octanol–water partition coefficient (Wildman–Crippen LogP) is 4.57. The number of ether oxygens (including phenoxy) is 2. The van der Waals surface area contributed by atoms with Gasteiger partial charge in [-0.3, -0.25) is 9.47 Å². The van der Waals surface area contributed by atoms with Crippen molar-refractivity contribution >= 4 is 47.5 Å². The third kappa shape index (κ3) is 4.97. The Hall–Kier alpha value is -2.03. The number of fused-ring (bicyclic) bond motifs is 1. The topological polar surface area (TPSA) is 51.8 Å². The number of para-hydroxylation sites is 2. The number of aromatic hydroxyl groups is 1. The van der Waals surface area contributed by atoms with Crippen LogP contribution >= 0.6 is 35.7 Å². The molecule has 0 saturated carbocycles. The number of anilines is 1. The third-order valence-corrected chi connectivity index (χ3v) is 8.30. The Bertz CT molecular complexity index is 1120. The van der Waals surface area contributed by atoms with Crippen molar-refractivity contribution in [1.82, 2.24) is 9.13 Å². The van der Waals surface area contributed by atoms with Crippen LogP contribution in [-0.2, 0) is 18.8 Å². The molecule has 170 valence electrons. The van der Waals surface area contributed by atoms with Crippen molar-refractivity contribution in [3.63, 3.8) is 0 Å². The maximum Gasteiger partial charge on any atom is 0.246 e. The fourth-order valence-electron chi connectivity index (χ4n) is 3.56. The maximum atomic E-state index is 10.4. The second-order valence-electron chi connectivity index (χ2n) is 7.70. The predicted molar refractivity (Wildman–Crippen MR) is 136 cm³/mol. The molecule has 0 bridgehead atoms. The Labute approximate surface area is 202 Å². The largest absolute Gasteiger partial charge is 0.493 e. The molecule has 3 heterocycles. The van der Waals surface area contributed by atoms with Gasteiger partial charge in [-0.15, -0.1) is 0 Å². The first-order valence-electron chi connectivity index (χ1n) is 10.3. The van der Waals surface area contributed by atoms with E-state index >= 15 is 0 Å². The molecule has 1 saturated heterocycles. The van der Waals surface area contributed by atoms with E-state index in [1.54, 1.807) is 22.3 Å². The van der Waals surface area contributed by atoms with Gasteiger partial charge in [-0.1, -0.05) is 30.0 Å². The molecule has 0 atom stereocenters. The Morgan fingerprint density at radius 3 is 2.66 bits per heavy atom. The van der Waals surface area contributed by atoms with Crippen LogP contribution in [-0.4, -0.2) is 56.5 Å². The van der Waals surface area contributed by atoms with Gasteiger partial charge in [0.1, 0.15) is 5.69 Å². The number of nitrogens with zero attached hydrogens (tertiary/aromatic N) is 3. The van der Waals surface area contributed by atoms with Gasteiger partial charge in [-0.05, 0) is 24.4 Å². The van der Waals surface area contributed by atoms with E-state index in [0.717, 1.165) is 34.4 Å². The quantitative estimate of drug-likeness (QED) is 0.375. The normalized spacial score (nSPS) is 16.9. The van der Waals surface area contributed by atoms with Crippen molar-refractivity contribution in [1.29, 1.82) is 0 Å². The average molecular weight is 490 g/mol. The van der Waals surface area contributed by atoms with Crippen LogP contribution in [0.4, 0.5) is 5.69 Å². The van der Waals surface area contributed by atoms with Gasteiger partial charge in [0.15, 0.2) is 10.5 Å². The zero-order chi connectivity index (χ0) is 22.7. The standard InChI is InChI=1S/C23H27N3O3S3/c1-16-12-31-14-17(15-32-13-16)28-11-10-26-18-6-4-5-7-20(18)29-21(26)9-8-19-22(27)25(3)23(30)24(19)2/h4-8,17,27H,1,10-15H2,2-3H3. The second kappa shape index (κ2) is 10.3. The highest BCUT2D eigenvalue weighted by Gasteiger charge is 2.26. The molecule has 0 aliphatic carbocycles. The molecule has 1 fully saturated rings. The first kappa shape index (κ1) is 23.1. The highest BCUT2D eigenvalue weighted by Crippen LogP contribution is 2.38. The van der Waals surface area contributed by atoms with E-state index in [4.69, 9.17) is 21.7 Å². The Morgan fingerprint density at radius 1 is 1.25 bits per heavy atom. The van der Waals surface area contributed by atoms with Crippen LogP contribution in [0.15, 0.2) is 48.0 Å². The molecule has 0 radical (unpaired) electrons. The van der Waals surface area contributed by atoms with Crippen molar-refractivity contribution in [3.05, 3.63) is 58.5 Å². The van der Waals surface area contributed by atoms with Crippen molar-refractivity contribution in [2.45, 2.75) is 6.10 Å². The molecular weight excluding hydrogens is 462 g/mol. The van der Waals surface area contributed by atoms with E-state index in [2.05, 4.69) is 17.2 Å². The fourth-order valence-corrected chi connectivity index (χ4v) is 6.00. The minimum atomic E-state index is 0.0953. The van der Waals surface area contributed by atoms with Gasteiger partial charge in [0.05, 0.1) is 24.9 Å². The van der Waals surface area contributed by atoms with E-state index in [0.29, 0.717) is 29.5 Å². The number of thioether (sulfide) groups is 2. The molecule has 2 aliphatic heterocycles. The summed E-state index contributed by atoms with van der Waals surface area (Å²) in [4.78, 5) is 2.06. The van der Waals surface area contributed by atoms with Crippen LogP contribution in [0.1, 0.15) is 5.69 Å². The molecule has 1 aromatic carbocycles. The summed E-state index contributed by atoms with van der Waals surface area (Å²) in [5.74, 6) is 5.43. The maximum absolute atomic E-state index is 10.4. The summed E-state index contributed by atoms with van der Waals surface area (Å²) in [5.41, 5.74) is 6.06. The van der Waals surface area contributed by atoms with E-state index < -0.39 is 0 Å². The minimum absolute atomic E-state index is 0.0953. The second-order valence-corrected chi connectivity index (χ2v) is 10.1. The molecule has 2 aliphatic rings. The fraction of sp³-hybridized carbons (Fsp3) is 0.391. The Morgan fingerprint density at radius 2 is 1.97 bits per heavy atom. The molecule has 0 amide bonds. The van der Waals surface area contributed by atoms with Gasteiger partial charge in [-0.25, -0.2) is 0 Å². The Kier molecular flexibility index (Phi) is 7.43. The number of rotatable bonds is 5. The molecule has 1 N–H and O–H groups in total. The number of aromatic nitrogens is 2. The molecule has 9 heteroatoms. The van der Waals surface area contributed by atoms with Crippen LogP contribution < -0.4 is 9.64 Å². The van der Waals surface area contributed by atoms with E-state index in [1.807, 2.05) is 54.8 Å². The number of hydrogen-bond acceptors (Lipinski definition) is 7. The zero-order valence-electron chi connectivity index (χ0n) is 18.2. The zero-order valence-corrected chi connectivity index (χ0v) is 20.7. The van der Waals surface area contributed by atoms with Crippen LogP contribution in [0, 0.1) is 4.77 Å². The highest BCUT2D eigenvalue weighted by molar-refractivity contribution is 8.01. The SMILES string of the molecule is C=C1CSCC(OCCN2C(=C=Cc3c(O)n(C)c(=S)n3C)Oc3ccccc32)CSC1. The highest BCUT2D eigenvalue weighted by atomic mass is 32.2.